The van der Waals surface area contributed by atoms with Crippen LogP contribution in [0.2, 0.25) is 0 Å². The Morgan fingerprint density at radius 1 is 1.19 bits per heavy atom. The normalized spacial score (nSPS) is 34.9. The molecule has 0 radical (unpaired) electrons. The van der Waals surface area contributed by atoms with Gasteiger partial charge in [0.1, 0.15) is 0 Å². The Morgan fingerprint density at radius 2 is 2.00 bits per heavy atom. The highest BCUT2D eigenvalue weighted by Gasteiger charge is 2.47. The molecule has 16 heavy (non-hydrogen) atoms. The Bertz CT molecular complexity index is 359. The molecule has 0 bridgehead atoms. The fourth-order valence-electron chi connectivity index (χ4n) is 3.95. The first-order chi connectivity index (χ1) is 7.81. The zero-order valence-corrected chi connectivity index (χ0v) is 10.2. The van der Waals surface area contributed by atoms with E-state index in [0.29, 0.717) is 5.41 Å². The third kappa shape index (κ3) is 1.49. The minimum Gasteiger partial charge on any atom is -0.305 e. The van der Waals surface area contributed by atoms with Crippen molar-refractivity contribution in [2.45, 2.75) is 31.1 Å². The molecule has 0 amide bonds. The maximum atomic E-state index is 2.53. The van der Waals surface area contributed by atoms with Gasteiger partial charge < -0.3 is 4.90 Å². The molecule has 2 atom stereocenters. The molecule has 1 aliphatic carbocycles. The van der Waals surface area contributed by atoms with Gasteiger partial charge in [-0.25, -0.2) is 0 Å². The van der Waals surface area contributed by atoms with E-state index in [9.17, 15) is 0 Å². The lowest BCUT2D eigenvalue weighted by Crippen LogP contribution is -2.37. The number of likely N-dealkylation sites (N-methyl/N-ethyl adjacent to an activating group) is 1. The molecule has 0 N–H and O–H groups in total. The SMILES string of the molecule is CN1C[C@@H]2CCCC[C@]2(c2ccccc2)C1. The second-order valence-electron chi connectivity index (χ2n) is 5.66. The van der Waals surface area contributed by atoms with Crippen LogP contribution in [-0.4, -0.2) is 25.0 Å². The second-order valence-corrected chi connectivity index (χ2v) is 5.66. The molecule has 1 nitrogen and oxygen atoms in total. The molecular weight excluding hydrogens is 194 g/mol. The van der Waals surface area contributed by atoms with Gasteiger partial charge >= 0.3 is 0 Å². The summed E-state index contributed by atoms with van der Waals surface area (Å²) < 4.78 is 0. The predicted molar refractivity (Wildman–Crippen MR) is 67.6 cm³/mol. The summed E-state index contributed by atoms with van der Waals surface area (Å²) in [6, 6.07) is 11.2. The van der Waals surface area contributed by atoms with Gasteiger partial charge in [0.2, 0.25) is 0 Å². The van der Waals surface area contributed by atoms with E-state index in [1.807, 2.05) is 0 Å². The Morgan fingerprint density at radius 3 is 2.81 bits per heavy atom. The second kappa shape index (κ2) is 3.89. The zero-order valence-electron chi connectivity index (χ0n) is 10.2. The summed E-state index contributed by atoms with van der Waals surface area (Å²) in [5.74, 6) is 0.897. The molecule has 1 aliphatic heterocycles. The van der Waals surface area contributed by atoms with Crippen molar-refractivity contribution in [1.82, 2.24) is 4.90 Å². The summed E-state index contributed by atoms with van der Waals surface area (Å²) in [6.45, 7) is 2.57. The van der Waals surface area contributed by atoms with Crippen molar-refractivity contribution in [2.75, 3.05) is 20.1 Å². The highest BCUT2D eigenvalue weighted by Crippen LogP contribution is 2.48. The molecule has 1 aromatic rings. The van der Waals surface area contributed by atoms with E-state index in [2.05, 4.69) is 42.3 Å². The van der Waals surface area contributed by atoms with E-state index in [4.69, 9.17) is 0 Å². The minimum absolute atomic E-state index is 0.480. The van der Waals surface area contributed by atoms with E-state index in [1.165, 1.54) is 38.8 Å². The number of hydrogen-bond donors (Lipinski definition) is 0. The Labute approximate surface area is 98.5 Å². The average molecular weight is 215 g/mol. The quantitative estimate of drug-likeness (QED) is 0.696. The average Bonchev–Trinajstić information content (AvgIpc) is 2.67. The van der Waals surface area contributed by atoms with Crippen molar-refractivity contribution in [3.8, 4) is 0 Å². The smallest absolute Gasteiger partial charge is 0.0120 e. The summed E-state index contributed by atoms with van der Waals surface area (Å²) in [6.07, 6.45) is 5.68. The Kier molecular flexibility index (Phi) is 2.51. The van der Waals surface area contributed by atoms with Gasteiger partial charge in [-0.3, -0.25) is 0 Å². The van der Waals surface area contributed by atoms with E-state index in [0.717, 1.165) is 5.92 Å². The number of hydrogen-bond acceptors (Lipinski definition) is 1. The standard InChI is InChI=1S/C15H21N/c1-16-11-14-9-5-6-10-15(14,12-16)13-7-3-2-4-8-13/h2-4,7-8,14H,5-6,9-12H2,1H3/t14-,15+/m0/s1. The number of nitrogens with zero attached hydrogens (tertiary/aromatic N) is 1. The summed E-state index contributed by atoms with van der Waals surface area (Å²) >= 11 is 0. The lowest BCUT2D eigenvalue weighted by molar-refractivity contribution is 0.241. The largest absolute Gasteiger partial charge is 0.305 e. The molecule has 1 saturated heterocycles. The number of rotatable bonds is 1. The van der Waals surface area contributed by atoms with Crippen molar-refractivity contribution in [3.63, 3.8) is 0 Å². The van der Waals surface area contributed by atoms with Gasteiger partial charge in [-0.15, -0.1) is 0 Å². The lowest BCUT2D eigenvalue weighted by Gasteiger charge is -2.39. The molecule has 0 aromatic heterocycles. The molecule has 0 unspecified atom stereocenters. The highest BCUT2D eigenvalue weighted by atomic mass is 15.1. The molecule has 0 spiro atoms. The van der Waals surface area contributed by atoms with Crippen LogP contribution in [0.5, 0.6) is 0 Å². The van der Waals surface area contributed by atoms with Gasteiger partial charge in [0.05, 0.1) is 0 Å². The number of benzene rings is 1. The van der Waals surface area contributed by atoms with Crippen LogP contribution in [0, 0.1) is 5.92 Å². The summed E-state index contributed by atoms with van der Waals surface area (Å²) in [4.78, 5) is 2.53. The molecule has 3 rings (SSSR count). The van der Waals surface area contributed by atoms with Crippen LogP contribution in [0.1, 0.15) is 31.2 Å². The maximum absolute atomic E-state index is 2.53. The zero-order chi connectivity index (χ0) is 11.0. The van der Waals surface area contributed by atoms with Gasteiger partial charge in [-0.1, -0.05) is 43.2 Å². The van der Waals surface area contributed by atoms with Gasteiger partial charge in [-0.2, -0.15) is 0 Å². The van der Waals surface area contributed by atoms with Crippen LogP contribution in [0.25, 0.3) is 0 Å². The summed E-state index contributed by atoms with van der Waals surface area (Å²) in [7, 11) is 2.28. The van der Waals surface area contributed by atoms with Crippen molar-refractivity contribution in [1.29, 1.82) is 0 Å². The molecule has 86 valence electrons. The molecule has 1 heterocycles. The van der Waals surface area contributed by atoms with E-state index in [-0.39, 0.29) is 0 Å². The first-order valence-corrected chi connectivity index (χ1v) is 6.55. The maximum Gasteiger partial charge on any atom is 0.0120 e. The van der Waals surface area contributed by atoms with Crippen molar-refractivity contribution in [2.24, 2.45) is 5.92 Å². The van der Waals surface area contributed by atoms with Crippen LogP contribution in [0.3, 0.4) is 0 Å². The fourth-order valence-corrected chi connectivity index (χ4v) is 3.95. The third-order valence-corrected chi connectivity index (χ3v) is 4.64. The Hall–Kier alpha value is -0.820. The molecule has 2 aliphatic rings. The minimum atomic E-state index is 0.480. The molecule has 2 fully saturated rings. The van der Waals surface area contributed by atoms with Crippen molar-refractivity contribution < 1.29 is 0 Å². The van der Waals surface area contributed by atoms with E-state index >= 15 is 0 Å². The van der Waals surface area contributed by atoms with Crippen LogP contribution in [0.4, 0.5) is 0 Å². The Balaban J connectivity index is 2.00. The summed E-state index contributed by atoms with van der Waals surface area (Å²) in [5, 5.41) is 0. The highest BCUT2D eigenvalue weighted by molar-refractivity contribution is 5.29. The monoisotopic (exact) mass is 215 g/mol. The number of fused-ring (bicyclic) bond motifs is 1. The lowest BCUT2D eigenvalue weighted by atomic mass is 9.64. The summed E-state index contributed by atoms with van der Waals surface area (Å²) in [5.41, 5.74) is 2.07. The predicted octanol–water partition coefficient (Wildman–Crippen LogP) is 3.06. The molecule has 1 saturated carbocycles. The first kappa shape index (κ1) is 10.3. The van der Waals surface area contributed by atoms with Gasteiger partial charge in [-0.05, 0) is 31.4 Å². The van der Waals surface area contributed by atoms with Gasteiger partial charge in [0, 0.05) is 18.5 Å². The van der Waals surface area contributed by atoms with Gasteiger partial charge in [0.25, 0.3) is 0 Å². The topological polar surface area (TPSA) is 3.24 Å². The van der Waals surface area contributed by atoms with Crippen LogP contribution in [0.15, 0.2) is 30.3 Å². The van der Waals surface area contributed by atoms with E-state index in [1.54, 1.807) is 5.56 Å². The molecule has 1 heteroatoms. The van der Waals surface area contributed by atoms with Crippen molar-refractivity contribution in [3.05, 3.63) is 35.9 Å². The third-order valence-electron chi connectivity index (χ3n) is 4.64. The van der Waals surface area contributed by atoms with Crippen LogP contribution in [-0.2, 0) is 5.41 Å². The van der Waals surface area contributed by atoms with Crippen LogP contribution < -0.4 is 0 Å². The number of likely N-dealkylation sites (tertiary alicyclic amines) is 1. The first-order valence-electron chi connectivity index (χ1n) is 6.55. The van der Waals surface area contributed by atoms with E-state index < -0.39 is 0 Å². The fraction of sp³-hybridized carbons (Fsp3) is 0.600. The van der Waals surface area contributed by atoms with Crippen molar-refractivity contribution >= 4 is 0 Å². The molecular formula is C15H21N. The molecule has 1 aromatic carbocycles. The van der Waals surface area contributed by atoms with Gasteiger partial charge in [0.15, 0.2) is 0 Å². The van der Waals surface area contributed by atoms with Crippen LogP contribution >= 0.6 is 0 Å².